The van der Waals surface area contributed by atoms with E-state index in [0.29, 0.717) is 36.4 Å². The van der Waals surface area contributed by atoms with Gasteiger partial charge in [0.25, 0.3) is 5.91 Å². The average molecular weight is 404 g/mol. The van der Waals surface area contributed by atoms with E-state index in [2.05, 4.69) is 19.6 Å². The third-order valence-electron chi connectivity index (χ3n) is 4.40. The van der Waals surface area contributed by atoms with Crippen molar-refractivity contribution < 1.29 is 27.2 Å². The normalized spacial score (nSPS) is 16.8. The molecule has 0 bridgehead atoms. The Labute approximate surface area is 163 Å². The Hall–Kier alpha value is -3.43. The molecule has 2 aromatic heterocycles. The predicted octanol–water partition coefficient (Wildman–Crippen LogP) is 3.44. The lowest BCUT2D eigenvalue weighted by Crippen LogP contribution is -2.31. The zero-order valence-electron chi connectivity index (χ0n) is 15.0. The summed E-state index contributed by atoms with van der Waals surface area (Å²) in [4.78, 5) is 21.5. The molecular weight excluding hydrogens is 389 g/mol. The highest BCUT2D eigenvalue weighted by atomic mass is 19.4. The Morgan fingerprint density at radius 3 is 2.83 bits per heavy atom. The molecule has 0 saturated carbocycles. The first-order valence-corrected chi connectivity index (χ1v) is 8.77. The molecule has 4 rings (SSSR count). The molecule has 0 N–H and O–H groups in total. The third-order valence-corrected chi connectivity index (χ3v) is 4.40. The van der Waals surface area contributed by atoms with Crippen LogP contribution in [0.4, 0.5) is 13.2 Å². The van der Waals surface area contributed by atoms with E-state index in [1.165, 1.54) is 12.3 Å². The summed E-state index contributed by atoms with van der Waals surface area (Å²) < 4.78 is 48.1. The average Bonchev–Trinajstić information content (AvgIpc) is 3.38. The maximum absolute atomic E-state index is 12.6. The Balaban J connectivity index is 1.42. The second-order valence-corrected chi connectivity index (χ2v) is 6.47. The SMILES string of the molecule is O=C(c1cccnc1)N1CCC(Oc2cccc(-c3noc(C(F)(F)F)n3)c2)C1. The lowest BCUT2D eigenvalue weighted by atomic mass is 10.2. The molecule has 1 saturated heterocycles. The smallest absolute Gasteiger partial charge is 0.471 e. The first-order chi connectivity index (χ1) is 13.9. The highest BCUT2D eigenvalue weighted by molar-refractivity contribution is 5.94. The van der Waals surface area contributed by atoms with Gasteiger partial charge in [-0.3, -0.25) is 9.78 Å². The van der Waals surface area contributed by atoms with Crippen LogP contribution in [0.15, 0.2) is 53.3 Å². The standard InChI is InChI=1S/C19H15F3N4O3/c20-19(21,22)18-24-16(25-29-18)12-3-1-5-14(9-12)28-15-6-8-26(11-15)17(27)13-4-2-7-23-10-13/h1-5,7,9-10,15H,6,8,11H2. The van der Waals surface area contributed by atoms with Crippen LogP contribution in [0.3, 0.4) is 0 Å². The van der Waals surface area contributed by atoms with Crippen molar-refractivity contribution in [1.82, 2.24) is 20.0 Å². The van der Waals surface area contributed by atoms with E-state index in [1.807, 2.05) is 0 Å². The molecule has 0 aliphatic carbocycles. The van der Waals surface area contributed by atoms with Gasteiger partial charge in [0.2, 0.25) is 5.82 Å². The molecule has 1 atom stereocenters. The molecule has 1 fully saturated rings. The van der Waals surface area contributed by atoms with Gasteiger partial charge < -0.3 is 14.2 Å². The second-order valence-electron chi connectivity index (χ2n) is 6.47. The molecule has 29 heavy (non-hydrogen) atoms. The number of halogens is 3. The predicted molar refractivity (Wildman–Crippen MR) is 93.9 cm³/mol. The van der Waals surface area contributed by atoms with E-state index in [1.54, 1.807) is 41.4 Å². The Morgan fingerprint density at radius 1 is 1.24 bits per heavy atom. The van der Waals surface area contributed by atoms with Gasteiger partial charge in [0.1, 0.15) is 11.9 Å². The first-order valence-electron chi connectivity index (χ1n) is 8.77. The highest BCUT2D eigenvalue weighted by Gasteiger charge is 2.38. The van der Waals surface area contributed by atoms with Gasteiger partial charge in [-0.05, 0) is 24.3 Å². The van der Waals surface area contributed by atoms with Gasteiger partial charge in [-0.15, -0.1) is 0 Å². The van der Waals surface area contributed by atoms with Crippen molar-refractivity contribution in [2.75, 3.05) is 13.1 Å². The Morgan fingerprint density at radius 2 is 2.10 bits per heavy atom. The van der Waals surface area contributed by atoms with Crippen LogP contribution in [0.1, 0.15) is 22.7 Å². The summed E-state index contributed by atoms with van der Waals surface area (Å²) in [6.07, 6.45) is -1.19. The fourth-order valence-electron chi connectivity index (χ4n) is 3.04. The van der Waals surface area contributed by atoms with Crippen LogP contribution in [0.2, 0.25) is 0 Å². The van der Waals surface area contributed by atoms with Crippen molar-refractivity contribution in [2.45, 2.75) is 18.7 Å². The van der Waals surface area contributed by atoms with Crippen LogP contribution in [-0.4, -0.2) is 45.1 Å². The molecule has 150 valence electrons. The van der Waals surface area contributed by atoms with Crippen LogP contribution >= 0.6 is 0 Å². The first kappa shape index (κ1) is 18.9. The molecule has 3 aromatic rings. The molecule has 3 heterocycles. The van der Waals surface area contributed by atoms with Gasteiger partial charge in [-0.2, -0.15) is 18.2 Å². The van der Waals surface area contributed by atoms with Crippen LogP contribution in [-0.2, 0) is 6.18 Å². The monoisotopic (exact) mass is 404 g/mol. The maximum Gasteiger partial charge on any atom is 0.471 e. The second kappa shape index (κ2) is 7.53. The van der Waals surface area contributed by atoms with Crippen LogP contribution in [0.5, 0.6) is 5.75 Å². The summed E-state index contributed by atoms with van der Waals surface area (Å²) in [6.45, 7) is 0.941. The van der Waals surface area contributed by atoms with Crippen molar-refractivity contribution in [3.05, 3.63) is 60.2 Å². The highest BCUT2D eigenvalue weighted by Crippen LogP contribution is 2.30. The molecule has 1 aromatic carbocycles. The van der Waals surface area contributed by atoms with Gasteiger partial charge in [0.15, 0.2) is 0 Å². The van der Waals surface area contributed by atoms with Crippen molar-refractivity contribution in [2.24, 2.45) is 0 Å². The lowest BCUT2D eigenvalue weighted by molar-refractivity contribution is -0.159. The van der Waals surface area contributed by atoms with Gasteiger partial charge in [-0.1, -0.05) is 17.3 Å². The van der Waals surface area contributed by atoms with E-state index in [0.717, 1.165) is 0 Å². The summed E-state index contributed by atoms with van der Waals surface area (Å²) in [5, 5.41) is 3.37. The van der Waals surface area contributed by atoms with Crippen LogP contribution < -0.4 is 4.74 Å². The fraction of sp³-hybridized carbons (Fsp3) is 0.263. The third kappa shape index (κ3) is 4.20. The van der Waals surface area contributed by atoms with E-state index < -0.39 is 12.1 Å². The number of likely N-dealkylation sites (tertiary alicyclic amines) is 1. The minimum atomic E-state index is -4.70. The van der Waals surface area contributed by atoms with Crippen molar-refractivity contribution in [1.29, 1.82) is 0 Å². The molecule has 1 aliphatic rings. The zero-order chi connectivity index (χ0) is 20.4. The number of ether oxygens (including phenoxy) is 1. The molecule has 0 spiro atoms. The van der Waals surface area contributed by atoms with E-state index in [9.17, 15) is 18.0 Å². The lowest BCUT2D eigenvalue weighted by Gasteiger charge is -2.17. The molecule has 1 unspecified atom stereocenters. The van der Waals surface area contributed by atoms with Crippen LogP contribution in [0, 0.1) is 0 Å². The number of hydrogen-bond acceptors (Lipinski definition) is 6. The topological polar surface area (TPSA) is 81.4 Å². The number of pyridine rings is 1. The number of hydrogen-bond donors (Lipinski definition) is 0. The quantitative estimate of drug-likeness (QED) is 0.663. The Bertz CT molecular complexity index is 1010. The minimum Gasteiger partial charge on any atom is -0.488 e. The number of rotatable bonds is 4. The van der Waals surface area contributed by atoms with Crippen LogP contribution in [0.25, 0.3) is 11.4 Å². The number of carbonyl (C=O) groups is 1. The summed E-state index contributed by atoms with van der Waals surface area (Å²) in [6, 6.07) is 9.81. The van der Waals surface area contributed by atoms with Gasteiger partial charge in [0, 0.05) is 30.9 Å². The van der Waals surface area contributed by atoms with E-state index in [4.69, 9.17) is 4.74 Å². The number of carbonyl (C=O) groups excluding carboxylic acids is 1. The number of nitrogens with zero attached hydrogens (tertiary/aromatic N) is 4. The van der Waals surface area contributed by atoms with Crippen molar-refractivity contribution in [3.8, 4) is 17.1 Å². The summed E-state index contributed by atoms with van der Waals surface area (Å²) in [5.74, 6) is -1.26. The molecule has 1 amide bonds. The van der Waals surface area contributed by atoms with Gasteiger partial charge in [-0.25, -0.2) is 0 Å². The van der Waals surface area contributed by atoms with Gasteiger partial charge >= 0.3 is 12.1 Å². The molecular formula is C19H15F3N4O3. The number of benzene rings is 1. The summed E-state index contributed by atoms with van der Waals surface area (Å²) >= 11 is 0. The Kier molecular flexibility index (Phi) is 4.91. The van der Waals surface area contributed by atoms with E-state index >= 15 is 0 Å². The summed E-state index contributed by atoms with van der Waals surface area (Å²) in [7, 11) is 0. The van der Waals surface area contributed by atoms with Gasteiger partial charge in [0.05, 0.1) is 12.1 Å². The molecule has 1 aliphatic heterocycles. The van der Waals surface area contributed by atoms with E-state index in [-0.39, 0.29) is 17.8 Å². The maximum atomic E-state index is 12.6. The molecule has 10 heteroatoms. The fourth-order valence-corrected chi connectivity index (χ4v) is 3.04. The summed E-state index contributed by atoms with van der Waals surface area (Å²) in [5.41, 5.74) is 0.843. The largest absolute Gasteiger partial charge is 0.488 e. The number of amides is 1. The molecule has 0 radical (unpaired) electrons. The van der Waals surface area contributed by atoms with Crippen molar-refractivity contribution >= 4 is 5.91 Å². The zero-order valence-corrected chi connectivity index (χ0v) is 15.0. The van der Waals surface area contributed by atoms with Crippen molar-refractivity contribution in [3.63, 3.8) is 0 Å². The minimum absolute atomic E-state index is 0.121. The number of aromatic nitrogens is 3. The number of alkyl halides is 3. The molecule has 7 nitrogen and oxygen atoms in total.